The molecule has 2 heterocycles. The van der Waals surface area contributed by atoms with Crippen molar-refractivity contribution in [2.75, 3.05) is 13.1 Å². The van der Waals surface area contributed by atoms with Crippen molar-refractivity contribution >= 4 is 5.91 Å². The average Bonchev–Trinajstić information content (AvgIpc) is 3.16. The first-order chi connectivity index (χ1) is 10.2. The molecule has 21 heavy (non-hydrogen) atoms. The first kappa shape index (κ1) is 13.7. The third-order valence-electron chi connectivity index (χ3n) is 3.96. The van der Waals surface area contributed by atoms with Gasteiger partial charge in [0, 0.05) is 18.2 Å². The van der Waals surface area contributed by atoms with Crippen molar-refractivity contribution < 1.29 is 4.79 Å². The van der Waals surface area contributed by atoms with Gasteiger partial charge in [0.2, 0.25) is 0 Å². The van der Waals surface area contributed by atoms with Gasteiger partial charge in [0.25, 0.3) is 5.91 Å². The smallest absolute Gasteiger partial charge is 0.254 e. The SMILES string of the molecule is CC1CC(CN)CN1C(=O)c1cccc(-n2cnnn2)c1. The van der Waals surface area contributed by atoms with E-state index >= 15 is 0 Å². The minimum absolute atomic E-state index is 0.0355. The largest absolute Gasteiger partial charge is 0.336 e. The third kappa shape index (κ3) is 2.64. The summed E-state index contributed by atoms with van der Waals surface area (Å²) in [6, 6.07) is 7.55. The van der Waals surface area contributed by atoms with E-state index in [1.54, 1.807) is 6.07 Å². The van der Waals surface area contributed by atoms with Crippen LogP contribution in [0.3, 0.4) is 0 Å². The van der Waals surface area contributed by atoms with Crippen molar-refractivity contribution in [3.05, 3.63) is 36.2 Å². The second-order valence-corrected chi connectivity index (χ2v) is 5.45. The van der Waals surface area contributed by atoms with E-state index in [-0.39, 0.29) is 11.9 Å². The van der Waals surface area contributed by atoms with Gasteiger partial charge in [-0.15, -0.1) is 5.10 Å². The molecule has 1 saturated heterocycles. The molecule has 0 saturated carbocycles. The number of likely N-dealkylation sites (tertiary alicyclic amines) is 1. The van der Waals surface area contributed by atoms with Gasteiger partial charge in [0.05, 0.1) is 5.69 Å². The maximum absolute atomic E-state index is 12.7. The Morgan fingerprint density at radius 1 is 1.48 bits per heavy atom. The number of rotatable bonds is 3. The summed E-state index contributed by atoms with van der Waals surface area (Å²) < 4.78 is 1.53. The lowest BCUT2D eigenvalue weighted by molar-refractivity contribution is 0.0743. The Morgan fingerprint density at radius 2 is 2.33 bits per heavy atom. The van der Waals surface area contributed by atoms with Crippen molar-refractivity contribution in [2.24, 2.45) is 11.7 Å². The van der Waals surface area contributed by atoms with Crippen molar-refractivity contribution in [1.29, 1.82) is 0 Å². The molecule has 7 nitrogen and oxygen atoms in total. The molecule has 7 heteroatoms. The molecule has 3 rings (SSSR count). The Bertz CT molecular complexity index is 626. The predicted octanol–water partition coefficient (Wildman–Crippen LogP) is 0.472. The van der Waals surface area contributed by atoms with Gasteiger partial charge in [0.1, 0.15) is 6.33 Å². The van der Waals surface area contributed by atoms with Crippen LogP contribution in [0, 0.1) is 5.92 Å². The van der Waals surface area contributed by atoms with Crippen molar-refractivity contribution in [1.82, 2.24) is 25.1 Å². The second-order valence-electron chi connectivity index (χ2n) is 5.45. The van der Waals surface area contributed by atoms with Gasteiger partial charge in [-0.05, 0) is 54.4 Å². The average molecular weight is 286 g/mol. The van der Waals surface area contributed by atoms with Crippen LogP contribution >= 0.6 is 0 Å². The van der Waals surface area contributed by atoms with E-state index < -0.39 is 0 Å². The monoisotopic (exact) mass is 286 g/mol. The number of tetrazole rings is 1. The Labute approximate surface area is 122 Å². The van der Waals surface area contributed by atoms with Crippen LogP contribution in [-0.4, -0.2) is 50.1 Å². The van der Waals surface area contributed by atoms with Gasteiger partial charge in [-0.3, -0.25) is 4.79 Å². The number of carbonyl (C=O) groups is 1. The summed E-state index contributed by atoms with van der Waals surface area (Å²) in [4.78, 5) is 14.6. The number of aromatic nitrogens is 4. The first-order valence-corrected chi connectivity index (χ1v) is 7.03. The molecule has 2 unspecified atom stereocenters. The summed E-state index contributed by atoms with van der Waals surface area (Å²) in [6.07, 6.45) is 2.47. The molecular formula is C14H18N6O. The van der Waals surface area contributed by atoms with E-state index in [2.05, 4.69) is 22.4 Å². The fraction of sp³-hybridized carbons (Fsp3) is 0.429. The van der Waals surface area contributed by atoms with Gasteiger partial charge in [0.15, 0.2) is 0 Å². The van der Waals surface area contributed by atoms with Crippen LogP contribution in [0.15, 0.2) is 30.6 Å². The molecule has 0 radical (unpaired) electrons. The van der Waals surface area contributed by atoms with Crippen LogP contribution in [0.5, 0.6) is 0 Å². The van der Waals surface area contributed by atoms with Crippen LogP contribution in [0.2, 0.25) is 0 Å². The molecule has 2 aromatic rings. The number of nitrogens with two attached hydrogens (primary N) is 1. The van der Waals surface area contributed by atoms with Crippen LogP contribution in [-0.2, 0) is 0 Å². The summed E-state index contributed by atoms with van der Waals surface area (Å²) in [5, 5.41) is 11.1. The predicted molar refractivity (Wildman–Crippen MR) is 76.8 cm³/mol. The van der Waals surface area contributed by atoms with Gasteiger partial charge < -0.3 is 10.6 Å². The van der Waals surface area contributed by atoms with Crippen molar-refractivity contribution in [3.8, 4) is 5.69 Å². The van der Waals surface area contributed by atoms with E-state index in [4.69, 9.17) is 5.73 Å². The second kappa shape index (κ2) is 5.61. The maximum atomic E-state index is 12.7. The molecule has 1 aromatic heterocycles. The van der Waals surface area contributed by atoms with Crippen molar-refractivity contribution in [2.45, 2.75) is 19.4 Å². The number of carbonyl (C=O) groups excluding carboxylic acids is 1. The topological polar surface area (TPSA) is 89.9 Å². The van der Waals surface area contributed by atoms with Gasteiger partial charge >= 0.3 is 0 Å². The Morgan fingerprint density at radius 3 is 3.00 bits per heavy atom. The number of hydrogen-bond donors (Lipinski definition) is 1. The van der Waals surface area contributed by atoms with Crippen LogP contribution in [0.25, 0.3) is 5.69 Å². The highest BCUT2D eigenvalue weighted by molar-refractivity contribution is 5.95. The first-order valence-electron chi connectivity index (χ1n) is 7.03. The Hall–Kier alpha value is -2.28. The summed E-state index contributed by atoms with van der Waals surface area (Å²) in [6.45, 7) is 3.42. The van der Waals surface area contributed by atoms with Crippen molar-refractivity contribution in [3.63, 3.8) is 0 Å². The van der Waals surface area contributed by atoms with Crippen LogP contribution in [0.1, 0.15) is 23.7 Å². The molecule has 2 N–H and O–H groups in total. The zero-order valence-electron chi connectivity index (χ0n) is 11.9. The summed E-state index contributed by atoms with van der Waals surface area (Å²) in [5.41, 5.74) is 7.14. The lowest BCUT2D eigenvalue weighted by Crippen LogP contribution is -2.34. The molecule has 1 amide bonds. The van der Waals surface area contributed by atoms with Gasteiger partial charge in [-0.25, -0.2) is 4.68 Å². The standard InChI is InChI=1S/C14H18N6O/c1-10-5-11(7-15)8-19(10)14(21)12-3-2-4-13(6-12)20-9-16-17-18-20/h2-4,6,9-11H,5,7-8,15H2,1H3. The normalized spacial score (nSPS) is 21.7. The number of amides is 1. The molecule has 0 aliphatic carbocycles. The van der Waals surface area contributed by atoms with E-state index in [0.717, 1.165) is 18.7 Å². The highest BCUT2D eigenvalue weighted by Gasteiger charge is 2.32. The minimum atomic E-state index is 0.0355. The number of benzene rings is 1. The van der Waals surface area contributed by atoms with Crippen LogP contribution < -0.4 is 5.73 Å². The number of nitrogens with zero attached hydrogens (tertiary/aromatic N) is 5. The minimum Gasteiger partial charge on any atom is -0.336 e. The molecule has 1 fully saturated rings. The lowest BCUT2D eigenvalue weighted by Gasteiger charge is -2.21. The zero-order chi connectivity index (χ0) is 14.8. The quantitative estimate of drug-likeness (QED) is 0.886. The Balaban J connectivity index is 1.84. The molecule has 1 aliphatic rings. The molecule has 1 aromatic carbocycles. The van der Waals surface area contributed by atoms with Crippen LogP contribution in [0.4, 0.5) is 0 Å². The summed E-state index contributed by atoms with van der Waals surface area (Å²) in [7, 11) is 0. The van der Waals surface area contributed by atoms with E-state index in [1.807, 2.05) is 23.1 Å². The lowest BCUT2D eigenvalue weighted by atomic mass is 10.1. The molecule has 0 spiro atoms. The van der Waals surface area contributed by atoms with Gasteiger partial charge in [-0.1, -0.05) is 6.07 Å². The van der Waals surface area contributed by atoms with E-state index in [0.29, 0.717) is 18.0 Å². The highest BCUT2D eigenvalue weighted by Crippen LogP contribution is 2.24. The highest BCUT2D eigenvalue weighted by atomic mass is 16.2. The molecule has 2 atom stereocenters. The fourth-order valence-electron chi connectivity index (χ4n) is 2.82. The third-order valence-corrected chi connectivity index (χ3v) is 3.96. The molecule has 0 bridgehead atoms. The maximum Gasteiger partial charge on any atom is 0.254 e. The van der Waals surface area contributed by atoms with Gasteiger partial charge in [-0.2, -0.15) is 0 Å². The summed E-state index contributed by atoms with van der Waals surface area (Å²) in [5.74, 6) is 0.431. The van der Waals surface area contributed by atoms with E-state index in [1.165, 1.54) is 11.0 Å². The Kier molecular flexibility index (Phi) is 3.66. The molecular weight excluding hydrogens is 268 g/mol. The number of hydrogen-bond acceptors (Lipinski definition) is 5. The molecule has 1 aliphatic heterocycles. The van der Waals surface area contributed by atoms with E-state index in [9.17, 15) is 4.79 Å². The summed E-state index contributed by atoms with van der Waals surface area (Å²) >= 11 is 0. The fourth-order valence-corrected chi connectivity index (χ4v) is 2.82. The molecule has 110 valence electrons. The zero-order valence-corrected chi connectivity index (χ0v) is 11.9.